The van der Waals surface area contributed by atoms with E-state index in [1.165, 1.54) is 19.3 Å². The maximum absolute atomic E-state index is 10.1. The van der Waals surface area contributed by atoms with E-state index in [1.807, 2.05) is 25.4 Å². The average molecular weight is 438 g/mol. The number of hydrogen-bond acceptors (Lipinski definition) is 7. The molecule has 1 aromatic carbocycles. The molecule has 32 heavy (non-hydrogen) atoms. The molecule has 0 amide bonds. The van der Waals surface area contributed by atoms with Crippen molar-refractivity contribution in [3.05, 3.63) is 35.7 Å². The summed E-state index contributed by atoms with van der Waals surface area (Å²) in [6, 6.07) is 6.31. The molecule has 0 spiro atoms. The van der Waals surface area contributed by atoms with Crippen molar-refractivity contribution in [2.45, 2.75) is 84.0 Å². The molecule has 3 aromatic rings. The number of nitrogens with one attached hydrogen (secondary N) is 2. The van der Waals surface area contributed by atoms with Crippen molar-refractivity contribution < 1.29 is 5.11 Å². The predicted molar refractivity (Wildman–Crippen MR) is 130 cm³/mol. The van der Waals surface area contributed by atoms with Gasteiger partial charge in [-0.15, -0.1) is 0 Å². The number of nitrogens with zero attached hydrogens (tertiary/aromatic N) is 4. The van der Waals surface area contributed by atoms with Gasteiger partial charge >= 0.3 is 0 Å². The van der Waals surface area contributed by atoms with E-state index in [0.29, 0.717) is 24.4 Å². The Balaban J connectivity index is 1.70. The Morgan fingerprint density at radius 2 is 2.00 bits per heavy atom. The second-order valence-corrected chi connectivity index (χ2v) is 8.97. The van der Waals surface area contributed by atoms with Crippen LogP contribution in [0.3, 0.4) is 0 Å². The van der Waals surface area contributed by atoms with Gasteiger partial charge in [-0.05, 0) is 44.7 Å². The van der Waals surface area contributed by atoms with Crippen LogP contribution < -0.4 is 16.4 Å². The van der Waals surface area contributed by atoms with Gasteiger partial charge in [-0.2, -0.15) is 9.97 Å². The van der Waals surface area contributed by atoms with Crippen molar-refractivity contribution in [1.82, 2.24) is 19.5 Å². The van der Waals surface area contributed by atoms with Crippen molar-refractivity contribution in [3.63, 3.8) is 0 Å². The zero-order valence-electron chi connectivity index (χ0n) is 19.3. The molecule has 2 aromatic heterocycles. The molecule has 1 aliphatic rings. The van der Waals surface area contributed by atoms with E-state index in [-0.39, 0.29) is 6.04 Å². The summed E-state index contributed by atoms with van der Waals surface area (Å²) < 4.78 is 2.21. The lowest BCUT2D eigenvalue weighted by Gasteiger charge is -2.24. The summed E-state index contributed by atoms with van der Waals surface area (Å²) in [6.07, 6.45) is 8.21. The number of aromatic nitrogens is 4. The molecule has 2 heterocycles. The SMILES string of the molecule is CCC(Nc1nc(NCc2cc(C)ccc2N)c2ncn(C3CCCCC3)c2n1)C(C)O. The van der Waals surface area contributed by atoms with Crippen LogP contribution in [0.5, 0.6) is 0 Å². The van der Waals surface area contributed by atoms with Crippen molar-refractivity contribution in [2.75, 3.05) is 16.4 Å². The lowest BCUT2D eigenvalue weighted by Crippen LogP contribution is -2.31. The predicted octanol–water partition coefficient (Wildman–Crippen LogP) is 4.41. The third kappa shape index (κ3) is 4.80. The maximum Gasteiger partial charge on any atom is 0.227 e. The van der Waals surface area contributed by atoms with Crippen LogP contribution in [0, 0.1) is 6.92 Å². The first kappa shape index (κ1) is 22.3. The quantitative estimate of drug-likeness (QED) is 0.386. The Bertz CT molecular complexity index is 1060. The van der Waals surface area contributed by atoms with Gasteiger partial charge in [0.25, 0.3) is 0 Å². The summed E-state index contributed by atoms with van der Waals surface area (Å²) in [5.41, 5.74) is 10.7. The molecule has 0 radical (unpaired) electrons. The fourth-order valence-corrected chi connectivity index (χ4v) is 4.53. The van der Waals surface area contributed by atoms with Crippen LogP contribution in [-0.4, -0.2) is 36.8 Å². The molecule has 4 rings (SSSR count). The van der Waals surface area contributed by atoms with E-state index in [2.05, 4.69) is 33.2 Å². The number of aryl methyl sites for hydroxylation is 1. The summed E-state index contributed by atoms with van der Waals surface area (Å²) >= 11 is 0. The molecule has 8 heteroatoms. The smallest absolute Gasteiger partial charge is 0.227 e. The molecule has 2 atom stereocenters. The molecular formula is C24H35N7O. The molecule has 2 unspecified atom stereocenters. The second-order valence-electron chi connectivity index (χ2n) is 8.97. The first-order chi connectivity index (χ1) is 15.5. The van der Waals surface area contributed by atoms with E-state index in [0.717, 1.165) is 47.2 Å². The standard InChI is InChI=1S/C24H35N7O/c1-4-20(16(3)32)28-24-29-22(26-13-17-12-15(2)10-11-19(17)25)21-23(30-24)31(14-27-21)18-8-6-5-7-9-18/h10-12,14,16,18,20,32H,4-9,13,25H2,1-3H3,(H2,26,28,29,30). The van der Waals surface area contributed by atoms with Gasteiger partial charge in [-0.3, -0.25) is 0 Å². The summed E-state index contributed by atoms with van der Waals surface area (Å²) in [5.74, 6) is 1.18. The van der Waals surface area contributed by atoms with Gasteiger partial charge < -0.3 is 26.0 Å². The lowest BCUT2D eigenvalue weighted by atomic mass is 9.95. The van der Waals surface area contributed by atoms with Crippen LogP contribution in [0.25, 0.3) is 11.2 Å². The highest BCUT2D eigenvalue weighted by Crippen LogP contribution is 2.32. The molecule has 0 saturated heterocycles. The van der Waals surface area contributed by atoms with E-state index < -0.39 is 6.10 Å². The average Bonchev–Trinajstić information content (AvgIpc) is 3.22. The Labute approximate surface area is 189 Å². The van der Waals surface area contributed by atoms with Gasteiger partial charge in [0.2, 0.25) is 5.95 Å². The van der Waals surface area contributed by atoms with E-state index in [9.17, 15) is 5.11 Å². The maximum atomic E-state index is 10.1. The van der Waals surface area contributed by atoms with Crippen LogP contribution in [0.4, 0.5) is 17.5 Å². The van der Waals surface area contributed by atoms with Gasteiger partial charge in [0.05, 0.1) is 18.5 Å². The number of aliphatic hydroxyl groups excluding tert-OH is 1. The van der Waals surface area contributed by atoms with Crippen molar-refractivity contribution in [3.8, 4) is 0 Å². The third-order valence-corrected chi connectivity index (χ3v) is 6.47. The van der Waals surface area contributed by atoms with Crippen molar-refractivity contribution in [1.29, 1.82) is 0 Å². The Hall–Kier alpha value is -2.87. The highest BCUT2D eigenvalue weighted by atomic mass is 16.3. The lowest BCUT2D eigenvalue weighted by molar-refractivity contribution is 0.169. The summed E-state index contributed by atoms with van der Waals surface area (Å²) in [4.78, 5) is 14.3. The minimum atomic E-state index is -0.508. The van der Waals surface area contributed by atoms with Gasteiger partial charge in [0.15, 0.2) is 17.0 Å². The minimum Gasteiger partial charge on any atom is -0.398 e. The third-order valence-electron chi connectivity index (χ3n) is 6.47. The van der Waals surface area contributed by atoms with E-state index in [1.54, 1.807) is 6.92 Å². The number of benzene rings is 1. The first-order valence-corrected chi connectivity index (χ1v) is 11.7. The van der Waals surface area contributed by atoms with Gasteiger partial charge in [0, 0.05) is 18.3 Å². The molecule has 0 aliphatic heterocycles. The Kier molecular flexibility index (Phi) is 6.79. The molecule has 0 bridgehead atoms. The van der Waals surface area contributed by atoms with Crippen LogP contribution >= 0.6 is 0 Å². The van der Waals surface area contributed by atoms with Crippen LogP contribution in [-0.2, 0) is 6.54 Å². The van der Waals surface area contributed by atoms with Crippen molar-refractivity contribution in [2.24, 2.45) is 0 Å². The summed E-state index contributed by atoms with van der Waals surface area (Å²) in [6.45, 7) is 6.42. The number of fused-ring (bicyclic) bond motifs is 1. The second kappa shape index (κ2) is 9.73. The molecule has 1 saturated carbocycles. The Morgan fingerprint density at radius 3 is 2.72 bits per heavy atom. The fraction of sp³-hybridized carbons (Fsp3) is 0.542. The van der Waals surface area contributed by atoms with Crippen molar-refractivity contribution >= 4 is 28.6 Å². The summed E-state index contributed by atoms with van der Waals surface area (Å²) in [5, 5.41) is 16.9. The van der Waals surface area contributed by atoms with Gasteiger partial charge in [-0.25, -0.2) is 4.98 Å². The van der Waals surface area contributed by atoms with E-state index >= 15 is 0 Å². The number of nitrogen functional groups attached to an aromatic ring is 1. The van der Waals surface area contributed by atoms with Crippen LogP contribution in [0.2, 0.25) is 0 Å². The molecule has 172 valence electrons. The molecule has 1 fully saturated rings. The molecule has 5 N–H and O–H groups in total. The minimum absolute atomic E-state index is 0.126. The monoisotopic (exact) mass is 437 g/mol. The number of imidazole rings is 1. The molecule has 8 nitrogen and oxygen atoms in total. The number of hydrogen-bond donors (Lipinski definition) is 4. The fourth-order valence-electron chi connectivity index (χ4n) is 4.53. The van der Waals surface area contributed by atoms with Crippen LogP contribution in [0.15, 0.2) is 24.5 Å². The Morgan fingerprint density at radius 1 is 1.22 bits per heavy atom. The number of rotatable bonds is 8. The molecular weight excluding hydrogens is 402 g/mol. The number of aliphatic hydroxyl groups is 1. The van der Waals surface area contributed by atoms with E-state index in [4.69, 9.17) is 15.7 Å². The highest BCUT2D eigenvalue weighted by Gasteiger charge is 2.22. The summed E-state index contributed by atoms with van der Waals surface area (Å²) in [7, 11) is 0. The highest BCUT2D eigenvalue weighted by molar-refractivity contribution is 5.84. The topological polar surface area (TPSA) is 114 Å². The molecule has 1 aliphatic carbocycles. The number of nitrogens with two attached hydrogens (primary N) is 1. The zero-order valence-corrected chi connectivity index (χ0v) is 19.3. The van der Waals surface area contributed by atoms with Gasteiger partial charge in [-0.1, -0.05) is 43.9 Å². The van der Waals surface area contributed by atoms with Crippen LogP contribution in [0.1, 0.15) is 69.5 Å². The zero-order chi connectivity index (χ0) is 22.7. The van der Waals surface area contributed by atoms with Gasteiger partial charge in [0.1, 0.15) is 0 Å². The normalized spacial score (nSPS) is 16.8. The first-order valence-electron chi connectivity index (χ1n) is 11.7. The largest absolute Gasteiger partial charge is 0.398 e. The number of anilines is 3.